The average molecular weight is 562 g/mol. The number of alkyl halides is 6. The highest BCUT2D eigenvalue weighted by Crippen LogP contribution is 2.48. The number of benzene rings is 2. The van der Waals surface area contributed by atoms with Crippen LogP contribution in [0.4, 0.5) is 26.3 Å². The summed E-state index contributed by atoms with van der Waals surface area (Å²) >= 11 is 0.500. The Morgan fingerprint density at radius 2 is 1.55 bits per heavy atom. The van der Waals surface area contributed by atoms with Gasteiger partial charge in [-0.3, -0.25) is 9.59 Å². The molecule has 0 unspecified atom stereocenters. The summed E-state index contributed by atoms with van der Waals surface area (Å²) in [5, 5.41) is 9.05. The molecule has 1 N–H and O–H groups in total. The highest BCUT2D eigenvalue weighted by molar-refractivity contribution is 7.99. The van der Waals surface area contributed by atoms with Crippen LogP contribution in [0.2, 0.25) is 0 Å². The highest BCUT2D eigenvalue weighted by Gasteiger charge is 2.46. The Kier molecular flexibility index (Phi) is 7.86. The summed E-state index contributed by atoms with van der Waals surface area (Å²) in [6, 6.07) is 6.11. The molecule has 0 aliphatic carbocycles. The third kappa shape index (κ3) is 6.20. The van der Waals surface area contributed by atoms with E-state index in [2.05, 4.69) is 0 Å². The zero-order chi connectivity index (χ0) is 27.7. The van der Waals surface area contributed by atoms with Gasteiger partial charge in [0.1, 0.15) is 13.2 Å². The molecule has 0 bridgehead atoms. The van der Waals surface area contributed by atoms with Crippen LogP contribution in [0.3, 0.4) is 0 Å². The molecule has 1 saturated heterocycles. The third-order valence-electron chi connectivity index (χ3n) is 6.07. The van der Waals surface area contributed by atoms with Crippen molar-refractivity contribution in [3.63, 3.8) is 0 Å². The van der Waals surface area contributed by atoms with Crippen molar-refractivity contribution in [1.82, 2.24) is 4.90 Å². The first-order valence-corrected chi connectivity index (χ1v) is 12.2. The predicted molar refractivity (Wildman–Crippen MR) is 124 cm³/mol. The molecule has 0 aromatic heterocycles. The van der Waals surface area contributed by atoms with Gasteiger partial charge >= 0.3 is 18.3 Å². The van der Waals surface area contributed by atoms with Gasteiger partial charge < -0.3 is 19.5 Å². The smallest absolute Gasteiger partial charge is 0.418 e. The van der Waals surface area contributed by atoms with E-state index >= 15 is 0 Å². The lowest BCUT2D eigenvalue weighted by atomic mass is 9.97. The van der Waals surface area contributed by atoms with Crippen LogP contribution in [0.1, 0.15) is 29.5 Å². The minimum Gasteiger partial charge on any atom is -0.486 e. The van der Waals surface area contributed by atoms with E-state index in [9.17, 15) is 35.9 Å². The molecule has 38 heavy (non-hydrogen) atoms. The van der Waals surface area contributed by atoms with Gasteiger partial charge in [0.25, 0.3) is 0 Å². The quantitative estimate of drug-likeness (QED) is 0.358. The van der Waals surface area contributed by atoms with Gasteiger partial charge in [0, 0.05) is 29.0 Å². The minimum atomic E-state index is -5.38. The van der Waals surface area contributed by atoms with Gasteiger partial charge in [-0.2, -0.15) is 26.3 Å². The fourth-order valence-electron chi connectivity index (χ4n) is 4.24. The van der Waals surface area contributed by atoms with Crippen LogP contribution < -0.4 is 9.47 Å². The lowest BCUT2D eigenvalue weighted by molar-refractivity contribution is -0.163. The zero-order valence-electron chi connectivity index (χ0n) is 19.6. The van der Waals surface area contributed by atoms with Crippen LogP contribution in [0.5, 0.6) is 11.5 Å². The molecule has 0 atom stereocenters. The van der Waals surface area contributed by atoms with Crippen LogP contribution in [0.15, 0.2) is 46.2 Å². The number of carboxylic acid groups (broad SMARTS) is 1. The second-order valence-electron chi connectivity index (χ2n) is 8.58. The van der Waals surface area contributed by atoms with Gasteiger partial charge in [-0.15, -0.1) is 0 Å². The fraction of sp³-hybridized carbons (Fsp3) is 0.360. The number of hydrogen-bond acceptors (Lipinski definition) is 5. The van der Waals surface area contributed by atoms with Gasteiger partial charge in [0.15, 0.2) is 11.5 Å². The summed E-state index contributed by atoms with van der Waals surface area (Å²) in [7, 11) is 0. The monoisotopic (exact) mass is 561 g/mol. The molecule has 2 aromatic rings. The van der Waals surface area contributed by atoms with Crippen LogP contribution in [-0.4, -0.2) is 48.2 Å². The first-order valence-electron chi connectivity index (χ1n) is 11.4. The van der Waals surface area contributed by atoms with Gasteiger partial charge in [0.05, 0.1) is 17.0 Å². The molecular weight excluding hydrogens is 540 g/mol. The highest BCUT2D eigenvalue weighted by atomic mass is 32.2. The summed E-state index contributed by atoms with van der Waals surface area (Å²) in [6.45, 7) is 0.672. The number of carboxylic acids is 1. The number of amides is 1. The SMILES string of the molecule is O=C(O)C1CCN(C(=O)/C=C\c2ccc(Sc3ccc4c(c3)OCCO4)c(C(F)(F)F)c2C(F)(F)F)CC1. The second-order valence-corrected chi connectivity index (χ2v) is 9.69. The van der Waals surface area contributed by atoms with Crippen molar-refractivity contribution in [2.45, 2.75) is 35.0 Å². The van der Waals surface area contributed by atoms with Crippen LogP contribution >= 0.6 is 11.8 Å². The number of likely N-dealkylation sites (tertiary alicyclic amines) is 1. The van der Waals surface area contributed by atoms with Gasteiger partial charge in [-0.25, -0.2) is 0 Å². The Morgan fingerprint density at radius 1 is 0.921 bits per heavy atom. The van der Waals surface area contributed by atoms with E-state index in [-0.39, 0.29) is 43.2 Å². The molecule has 2 heterocycles. The summed E-state index contributed by atoms with van der Waals surface area (Å²) in [5.74, 6) is -1.70. The molecule has 0 spiro atoms. The Labute approximate surface area is 217 Å². The minimum absolute atomic E-state index is 0.0746. The van der Waals surface area contributed by atoms with E-state index in [0.717, 1.165) is 18.2 Å². The zero-order valence-corrected chi connectivity index (χ0v) is 20.4. The summed E-state index contributed by atoms with van der Waals surface area (Å²) in [4.78, 5) is 24.3. The summed E-state index contributed by atoms with van der Waals surface area (Å²) in [6.07, 6.45) is -8.90. The predicted octanol–water partition coefficient (Wildman–Crippen LogP) is 5.98. The summed E-state index contributed by atoms with van der Waals surface area (Å²) < 4.78 is 95.2. The van der Waals surface area contributed by atoms with Crippen molar-refractivity contribution in [1.29, 1.82) is 0 Å². The van der Waals surface area contributed by atoms with Gasteiger partial charge in [-0.05, 0) is 48.7 Å². The largest absolute Gasteiger partial charge is 0.486 e. The lowest BCUT2D eigenvalue weighted by Crippen LogP contribution is -2.39. The van der Waals surface area contributed by atoms with Crippen LogP contribution in [0, 0.1) is 5.92 Å². The standard InChI is InChI=1S/C25H21F6NO5S/c26-24(27,28)21-14(2-6-20(33)32-9-7-15(8-10-32)23(34)35)1-5-19(22(21)25(29,30)31)38-16-3-4-17-18(13-16)37-12-11-36-17/h1-6,13,15H,7-12H2,(H,34,35)/b6-2-. The molecule has 0 saturated carbocycles. The van der Waals surface area contributed by atoms with E-state index < -0.39 is 51.7 Å². The van der Waals surface area contributed by atoms with Gasteiger partial charge in [-0.1, -0.05) is 17.8 Å². The number of aliphatic carboxylic acids is 1. The average Bonchev–Trinajstić information content (AvgIpc) is 2.86. The number of carbonyl (C=O) groups is 2. The number of ether oxygens (including phenoxy) is 2. The molecule has 4 rings (SSSR count). The van der Waals surface area contributed by atoms with Crippen molar-refractivity contribution in [2.75, 3.05) is 26.3 Å². The van der Waals surface area contributed by atoms with Crippen molar-refractivity contribution in [2.24, 2.45) is 5.92 Å². The molecular formula is C25H21F6NO5S. The summed E-state index contributed by atoms with van der Waals surface area (Å²) in [5.41, 5.74) is -4.58. The maximum absolute atomic E-state index is 14.1. The topological polar surface area (TPSA) is 76.1 Å². The Morgan fingerprint density at radius 3 is 2.16 bits per heavy atom. The van der Waals surface area contributed by atoms with Gasteiger partial charge in [0.2, 0.25) is 5.91 Å². The number of piperidine rings is 1. The molecule has 2 aliphatic rings. The maximum Gasteiger partial charge on any atom is 0.418 e. The van der Waals surface area contributed by atoms with E-state index in [1.165, 1.54) is 23.1 Å². The lowest BCUT2D eigenvalue weighted by Gasteiger charge is -2.29. The number of rotatable bonds is 5. The van der Waals surface area contributed by atoms with Crippen molar-refractivity contribution in [3.8, 4) is 11.5 Å². The first kappa shape index (κ1) is 27.7. The Bertz CT molecular complexity index is 1250. The first-order chi connectivity index (χ1) is 17.8. The molecule has 6 nitrogen and oxygen atoms in total. The number of fused-ring (bicyclic) bond motifs is 1. The molecule has 1 fully saturated rings. The maximum atomic E-state index is 14.1. The van der Waals surface area contributed by atoms with E-state index in [1.807, 2.05) is 0 Å². The molecule has 1 amide bonds. The second kappa shape index (κ2) is 10.8. The number of nitrogens with zero attached hydrogens (tertiary/aromatic N) is 1. The number of halogens is 6. The van der Waals surface area contributed by atoms with Crippen molar-refractivity contribution >= 4 is 29.7 Å². The molecule has 0 radical (unpaired) electrons. The van der Waals surface area contributed by atoms with Crippen molar-refractivity contribution < 1.29 is 50.5 Å². The molecule has 13 heteroatoms. The molecule has 204 valence electrons. The van der Waals surface area contributed by atoms with Crippen molar-refractivity contribution in [3.05, 3.63) is 53.1 Å². The normalized spacial score (nSPS) is 16.6. The Balaban J connectivity index is 1.66. The van der Waals surface area contributed by atoms with E-state index in [1.54, 1.807) is 0 Å². The number of hydrogen-bond donors (Lipinski definition) is 1. The van der Waals surface area contributed by atoms with E-state index in [0.29, 0.717) is 30.2 Å². The van der Waals surface area contributed by atoms with E-state index in [4.69, 9.17) is 14.6 Å². The van der Waals surface area contributed by atoms with Crippen LogP contribution in [0.25, 0.3) is 6.08 Å². The fourth-order valence-corrected chi connectivity index (χ4v) is 5.25. The molecule has 2 aliphatic heterocycles. The Hall–Kier alpha value is -3.35. The third-order valence-corrected chi connectivity index (χ3v) is 7.12. The van der Waals surface area contributed by atoms with Crippen LogP contribution in [-0.2, 0) is 21.9 Å². The number of carbonyl (C=O) groups excluding carboxylic acids is 1. The molecule has 2 aromatic carbocycles.